The number of anilines is 1. The first kappa shape index (κ1) is 14.0. The second-order valence-electron chi connectivity index (χ2n) is 4.02. The molecular weight excluding hydrogens is 234 g/mol. The molecule has 98 valence electrons. The molecule has 18 heavy (non-hydrogen) atoms. The van der Waals surface area contributed by atoms with Crippen LogP contribution in [0.4, 0.5) is 11.4 Å². The fourth-order valence-corrected chi connectivity index (χ4v) is 1.46. The van der Waals surface area contributed by atoms with E-state index in [1.165, 1.54) is 25.2 Å². The van der Waals surface area contributed by atoms with Crippen molar-refractivity contribution in [1.82, 2.24) is 5.32 Å². The Hall–Kier alpha value is -2.11. The molecule has 0 heterocycles. The summed E-state index contributed by atoms with van der Waals surface area (Å²) < 4.78 is 0. The van der Waals surface area contributed by atoms with Gasteiger partial charge in [-0.2, -0.15) is 0 Å². The standard InChI is InChI=1S/C12H17N3O3/c1-4-8(2)14-10-7-9(12(16)13-3)5-6-11(10)15(17)18/h5-8,14H,4H2,1-3H3,(H,13,16). The normalized spacial score (nSPS) is 11.7. The van der Waals surface area contributed by atoms with Gasteiger partial charge in [0.1, 0.15) is 5.69 Å². The van der Waals surface area contributed by atoms with E-state index in [0.29, 0.717) is 11.3 Å². The summed E-state index contributed by atoms with van der Waals surface area (Å²) in [5.41, 5.74) is 0.743. The minimum atomic E-state index is -0.460. The van der Waals surface area contributed by atoms with Gasteiger partial charge in [0.15, 0.2) is 0 Å². The van der Waals surface area contributed by atoms with Gasteiger partial charge in [-0.05, 0) is 25.5 Å². The summed E-state index contributed by atoms with van der Waals surface area (Å²) in [6.07, 6.45) is 0.835. The quantitative estimate of drug-likeness (QED) is 0.620. The monoisotopic (exact) mass is 251 g/mol. The molecule has 0 aliphatic heterocycles. The predicted molar refractivity (Wildman–Crippen MR) is 69.9 cm³/mol. The second-order valence-corrected chi connectivity index (χ2v) is 4.02. The van der Waals surface area contributed by atoms with E-state index < -0.39 is 4.92 Å². The Labute approximate surface area is 106 Å². The number of carbonyl (C=O) groups is 1. The van der Waals surface area contributed by atoms with Crippen molar-refractivity contribution in [2.24, 2.45) is 0 Å². The number of nitro groups is 1. The summed E-state index contributed by atoms with van der Waals surface area (Å²) in [5, 5.41) is 16.4. The van der Waals surface area contributed by atoms with Crippen LogP contribution in [0.5, 0.6) is 0 Å². The Morgan fingerprint density at radius 1 is 1.50 bits per heavy atom. The van der Waals surface area contributed by atoms with E-state index in [2.05, 4.69) is 10.6 Å². The summed E-state index contributed by atoms with van der Waals surface area (Å²) in [6.45, 7) is 3.91. The molecule has 1 atom stereocenters. The van der Waals surface area contributed by atoms with Crippen LogP contribution in [-0.2, 0) is 0 Å². The van der Waals surface area contributed by atoms with Gasteiger partial charge in [0.05, 0.1) is 4.92 Å². The maximum Gasteiger partial charge on any atom is 0.292 e. The Bertz CT molecular complexity index is 460. The van der Waals surface area contributed by atoms with Crippen LogP contribution < -0.4 is 10.6 Å². The molecule has 0 saturated heterocycles. The molecule has 1 unspecified atom stereocenters. The first-order valence-electron chi connectivity index (χ1n) is 5.76. The molecule has 6 heteroatoms. The first-order valence-corrected chi connectivity index (χ1v) is 5.76. The van der Waals surface area contributed by atoms with Crippen molar-refractivity contribution in [3.8, 4) is 0 Å². The molecule has 1 aromatic carbocycles. The van der Waals surface area contributed by atoms with Crippen molar-refractivity contribution in [2.75, 3.05) is 12.4 Å². The van der Waals surface area contributed by atoms with Crippen molar-refractivity contribution in [1.29, 1.82) is 0 Å². The SMILES string of the molecule is CCC(C)Nc1cc(C(=O)NC)ccc1[N+](=O)[O-]. The van der Waals surface area contributed by atoms with Gasteiger partial charge in [-0.15, -0.1) is 0 Å². The van der Waals surface area contributed by atoms with Crippen LogP contribution in [0.25, 0.3) is 0 Å². The number of nitrogens with one attached hydrogen (secondary N) is 2. The molecule has 6 nitrogen and oxygen atoms in total. The topological polar surface area (TPSA) is 84.3 Å². The summed E-state index contributed by atoms with van der Waals surface area (Å²) >= 11 is 0. The average Bonchev–Trinajstić information content (AvgIpc) is 2.37. The minimum Gasteiger partial charge on any atom is -0.377 e. The molecule has 1 rings (SSSR count). The molecule has 1 amide bonds. The predicted octanol–water partition coefficient (Wildman–Crippen LogP) is 2.16. The third kappa shape index (κ3) is 3.19. The zero-order valence-electron chi connectivity index (χ0n) is 10.7. The first-order chi connectivity index (χ1) is 8.49. The smallest absolute Gasteiger partial charge is 0.292 e. The molecular formula is C12H17N3O3. The fraction of sp³-hybridized carbons (Fsp3) is 0.417. The van der Waals surface area contributed by atoms with Crippen molar-refractivity contribution in [3.05, 3.63) is 33.9 Å². The molecule has 0 radical (unpaired) electrons. The number of rotatable bonds is 5. The van der Waals surface area contributed by atoms with Gasteiger partial charge in [-0.25, -0.2) is 0 Å². The summed E-state index contributed by atoms with van der Waals surface area (Å²) in [7, 11) is 1.52. The van der Waals surface area contributed by atoms with Crippen LogP contribution in [0.1, 0.15) is 30.6 Å². The Morgan fingerprint density at radius 3 is 2.67 bits per heavy atom. The maximum absolute atomic E-state index is 11.5. The minimum absolute atomic E-state index is 0.0250. The number of nitro benzene ring substituents is 1. The highest BCUT2D eigenvalue weighted by Gasteiger charge is 2.17. The zero-order chi connectivity index (χ0) is 13.7. The van der Waals surface area contributed by atoms with Gasteiger partial charge in [0, 0.05) is 24.7 Å². The largest absolute Gasteiger partial charge is 0.377 e. The molecule has 0 aliphatic carbocycles. The fourth-order valence-electron chi connectivity index (χ4n) is 1.46. The number of nitrogens with zero attached hydrogens (tertiary/aromatic N) is 1. The molecule has 0 bridgehead atoms. The van der Waals surface area contributed by atoms with Gasteiger partial charge in [0.2, 0.25) is 0 Å². The van der Waals surface area contributed by atoms with Gasteiger partial charge in [-0.3, -0.25) is 14.9 Å². The zero-order valence-corrected chi connectivity index (χ0v) is 10.7. The van der Waals surface area contributed by atoms with Crippen LogP contribution in [0.15, 0.2) is 18.2 Å². The number of benzene rings is 1. The van der Waals surface area contributed by atoms with Crippen molar-refractivity contribution in [2.45, 2.75) is 26.3 Å². The average molecular weight is 251 g/mol. The van der Waals surface area contributed by atoms with Crippen LogP contribution in [0.2, 0.25) is 0 Å². The van der Waals surface area contributed by atoms with Gasteiger partial charge >= 0.3 is 0 Å². The highest BCUT2D eigenvalue weighted by atomic mass is 16.6. The van der Waals surface area contributed by atoms with Crippen LogP contribution >= 0.6 is 0 Å². The maximum atomic E-state index is 11.5. The van der Waals surface area contributed by atoms with E-state index >= 15 is 0 Å². The second kappa shape index (κ2) is 6.00. The molecule has 1 aromatic rings. The highest BCUT2D eigenvalue weighted by Crippen LogP contribution is 2.26. The Kier molecular flexibility index (Phi) is 4.65. The summed E-state index contributed by atoms with van der Waals surface area (Å²) in [6, 6.07) is 4.39. The van der Waals surface area contributed by atoms with Crippen LogP contribution in [0, 0.1) is 10.1 Å². The lowest BCUT2D eigenvalue weighted by molar-refractivity contribution is -0.384. The van der Waals surface area contributed by atoms with E-state index in [1.54, 1.807) is 0 Å². The van der Waals surface area contributed by atoms with Crippen molar-refractivity contribution in [3.63, 3.8) is 0 Å². The Morgan fingerprint density at radius 2 is 2.17 bits per heavy atom. The number of hydrogen-bond acceptors (Lipinski definition) is 4. The highest BCUT2D eigenvalue weighted by molar-refractivity contribution is 5.95. The molecule has 0 saturated carbocycles. The summed E-state index contributed by atoms with van der Waals surface area (Å²) in [4.78, 5) is 21.9. The lowest BCUT2D eigenvalue weighted by Crippen LogP contribution is -2.19. The van der Waals surface area contributed by atoms with Crippen molar-refractivity contribution >= 4 is 17.3 Å². The van der Waals surface area contributed by atoms with E-state index in [-0.39, 0.29) is 17.6 Å². The molecule has 0 spiro atoms. The third-order valence-corrected chi connectivity index (χ3v) is 2.70. The number of carbonyl (C=O) groups excluding carboxylic acids is 1. The van der Waals surface area contributed by atoms with E-state index in [1.807, 2.05) is 13.8 Å². The molecule has 2 N–H and O–H groups in total. The van der Waals surface area contributed by atoms with Gasteiger partial charge < -0.3 is 10.6 Å². The third-order valence-electron chi connectivity index (χ3n) is 2.70. The number of amides is 1. The number of hydrogen-bond donors (Lipinski definition) is 2. The van der Waals surface area contributed by atoms with E-state index in [0.717, 1.165) is 6.42 Å². The molecule has 0 fully saturated rings. The van der Waals surface area contributed by atoms with E-state index in [9.17, 15) is 14.9 Å². The molecule has 0 aromatic heterocycles. The summed E-state index contributed by atoms with van der Waals surface area (Å²) in [5.74, 6) is -0.267. The van der Waals surface area contributed by atoms with Crippen molar-refractivity contribution < 1.29 is 9.72 Å². The lowest BCUT2D eigenvalue weighted by Gasteiger charge is -2.13. The lowest BCUT2D eigenvalue weighted by atomic mass is 10.1. The van der Waals surface area contributed by atoms with Gasteiger partial charge in [0.25, 0.3) is 11.6 Å². The van der Waals surface area contributed by atoms with Crippen LogP contribution in [-0.4, -0.2) is 23.9 Å². The van der Waals surface area contributed by atoms with Gasteiger partial charge in [-0.1, -0.05) is 6.92 Å². The van der Waals surface area contributed by atoms with Crippen LogP contribution in [0.3, 0.4) is 0 Å². The Balaban J connectivity index is 3.15. The molecule has 0 aliphatic rings. The van der Waals surface area contributed by atoms with E-state index in [4.69, 9.17) is 0 Å².